The highest BCUT2D eigenvalue weighted by Crippen LogP contribution is 2.27. The Morgan fingerprint density at radius 2 is 2.24 bits per heavy atom. The monoisotopic (exact) mass is 286 g/mol. The molecule has 1 atom stereocenters. The summed E-state index contributed by atoms with van der Waals surface area (Å²) in [6.45, 7) is 0.622. The molecule has 2 aromatic rings. The third-order valence-corrected chi connectivity index (χ3v) is 3.84. The maximum absolute atomic E-state index is 5.80. The summed E-state index contributed by atoms with van der Waals surface area (Å²) >= 11 is 0. The molecule has 0 bridgehead atoms. The lowest BCUT2D eigenvalue weighted by Crippen LogP contribution is -2.18. The summed E-state index contributed by atoms with van der Waals surface area (Å²) in [5.74, 6) is 1.39. The number of allylic oxidation sites excluding steroid dienone is 1. The molecule has 3 N–H and O–H groups in total. The van der Waals surface area contributed by atoms with E-state index in [1.165, 1.54) is 0 Å². The van der Waals surface area contributed by atoms with Crippen LogP contribution in [0.15, 0.2) is 18.5 Å². The van der Waals surface area contributed by atoms with Gasteiger partial charge in [-0.05, 0) is 25.7 Å². The molecule has 7 heteroatoms. The van der Waals surface area contributed by atoms with Gasteiger partial charge in [-0.25, -0.2) is 4.98 Å². The third-order valence-electron chi connectivity index (χ3n) is 3.84. The Bertz CT molecular complexity index is 690. The molecule has 0 aliphatic heterocycles. The van der Waals surface area contributed by atoms with Gasteiger partial charge in [0.15, 0.2) is 11.3 Å². The largest absolute Gasteiger partial charge is 0.410 e. The summed E-state index contributed by atoms with van der Waals surface area (Å²) in [5.41, 5.74) is 7.12. The summed E-state index contributed by atoms with van der Waals surface area (Å²) in [6.07, 6.45) is 10.6. The summed E-state index contributed by atoms with van der Waals surface area (Å²) in [7, 11) is 0. The van der Waals surface area contributed by atoms with Crippen LogP contribution in [0.5, 0.6) is 0 Å². The van der Waals surface area contributed by atoms with Crippen LogP contribution in [0, 0.1) is 5.92 Å². The van der Waals surface area contributed by atoms with E-state index in [-0.39, 0.29) is 5.95 Å². The van der Waals surface area contributed by atoms with Crippen LogP contribution in [0.3, 0.4) is 0 Å². The Kier molecular flexibility index (Phi) is 2.90. The van der Waals surface area contributed by atoms with Crippen molar-refractivity contribution in [3.63, 3.8) is 0 Å². The molecule has 1 saturated carbocycles. The predicted octanol–water partition coefficient (Wildman–Crippen LogP) is 1.38. The van der Waals surface area contributed by atoms with Crippen molar-refractivity contribution in [3.05, 3.63) is 18.5 Å². The van der Waals surface area contributed by atoms with E-state index >= 15 is 0 Å². The normalized spacial score (nSPS) is 21.0. The van der Waals surface area contributed by atoms with E-state index in [0.29, 0.717) is 35.5 Å². The van der Waals surface area contributed by atoms with Crippen molar-refractivity contribution >= 4 is 22.9 Å². The van der Waals surface area contributed by atoms with E-state index < -0.39 is 0 Å². The second kappa shape index (κ2) is 4.91. The summed E-state index contributed by atoms with van der Waals surface area (Å²) < 4.78 is 1.59. The first kappa shape index (κ1) is 12.4. The molecule has 2 aromatic heterocycles. The Balaban J connectivity index is 1.60. The fourth-order valence-electron chi connectivity index (χ4n) is 2.52. The van der Waals surface area contributed by atoms with Crippen LogP contribution in [0.4, 0.5) is 11.8 Å². The van der Waals surface area contributed by atoms with Crippen molar-refractivity contribution < 1.29 is 4.84 Å². The van der Waals surface area contributed by atoms with E-state index in [1.54, 1.807) is 11.1 Å². The van der Waals surface area contributed by atoms with Crippen LogP contribution in [0.1, 0.15) is 25.7 Å². The van der Waals surface area contributed by atoms with Gasteiger partial charge in [-0.15, -0.1) is 0 Å². The molecule has 1 unspecified atom stereocenters. The molecular formula is C14H18N6O. The summed E-state index contributed by atoms with van der Waals surface area (Å²) in [6, 6.07) is 0.484. The molecule has 21 heavy (non-hydrogen) atoms. The standard InChI is InChI=1S/C14H18N6O/c15-14-18-12(17-10-5-6-10)11-13(19-14)20(8-16-11)21-7-9-3-1-2-4-9/h1,3,8-10H,2,4-7H2,(H3,15,17,18,19). The lowest BCUT2D eigenvalue weighted by atomic mass is 10.1. The molecule has 0 spiro atoms. The zero-order valence-corrected chi connectivity index (χ0v) is 11.7. The Morgan fingerprint density at radius 1 is 1.33 bits per heavy atom. The fraction of sp³-hybridized carbons (Fsp3) is 0.500. The third kappa shape index (κ3) is 2.51. The number of aromatic nitrogens is 4. The van der Waals surface area contributed by atoms with Gasteiger partial charge in [0.1, 0.15) is 12.9 Å². The lowest BCUT2D eigenvalue weighted by Gasteiger charge is -2.11. The SMILES string of the molecule is Nc1nc(NC2CC2)c2ncn(OCC3C=CCC3)c2n1. The number of imidazole rings is 1. The maximum atomic E-state index is 5.80. The molecule has 0 radical (unpaired) electrons. The summed E-state index contributed by atoms with van der Waals surface area (Å²) in [4.78, 5) is 18.7. The molecule has 0 saturated heterocycles. The van der Waals surface area contributed by atoms with Gasteiger partial charge >= 0.3 is 0 Å². The molecular weight excluding hydrogens is 268 g/mol. The average Bonchev–Trinajstić information content (AvgIpc) is 2.99. The van der Waals surface area contributed by atoms with Gasteiger partial charge in [0, 0.05) is 12.0 Å². The highest BCUT2D eigenvalue weighted by molar-refractivity contribution is 5.84. The van der Waals surface area contributed by atoms with Crippen LogP contribution in [0.2, 0.25) is 0 Å². The van der Waals surface area contributed by atoms with Crippen molar-refractivity contribution in [3.8, 4) is 0 Å². The zero-order chi connectivity index (χ0) is 14.2. The number of hydrogen-bond acceptors (Lipinski definition) is 6. The van der Waals surface area contributed by atoms with E-state index in [1.807, 2.05) is 0 Å². The first-order chi connectivity index (χ1) is 10.3. The van der Waals surface area contributed by atoms with Crippen LogP contribution in [0.25, 0.3) is 11.2 Å². The Labute approximate surface area is 122 Å². The van der Waals surface area contributed by atoms with Gasteiger partial charge in [-0.1, -0.05) is 12.2 Å². The molecule has 0 amide bonds. The minimum Gasteiger partial charge on any atom is -0.410 e. The number of rotatable bonds is 5. The minimum atomic E-state index is 0.233. The van der Waals surface area contributed by atoms with E-state index in [4.69, 9.17) is 10.6 Å². The van der Waals surface area contributed by atoms with Gasteiger partial charge in [-0.2, -0.15) is 14.7 Å². The van der Waals surface area contributed by atoms with E-state index in [0.717, 1.165) is 25.7 Å². The van der Waals surface area contributed by atoms with Gasteiger partial charge < -0.3 is 15.9 Å². The van der Waals surface area contributed by atoms with Gasteiger partial charge in [0.25, 0.3) is 0 Å². The highest BCUT2D eigenvalue weighted by Gasteiger charge is 2.24. The van der Waals surface area contributed by atoms with E-state index in [2.05, 4.69) is 32.4 Å². The first-order valence-electron chi connectivity index (χ1n) is 7.36. The van der Waals surface area contributed by atoms with Gasteiger partial charge in [0.2, 0.25) is 11.6 Å². The smallest absolute Gasteiger partial charge is 0.224 e. The number of nitrogen functional groups attached to an aromatic ring is 1. The number of fused-ring (bicyclic) bond motifs is 1. The quantitative estimate of drug-likeness (QED) is 0.807. The first-order valence-corrected chi connectivity index (χ1v) is 7.36. The number of nitrogens with zero attached hydrogens (tertiary/aromatic N) is 4. The topological polar surface area (TPSA) is 90.9 Å². The predicted molar refractivity (Wildman–Crippen MR) is 79.7 cm³/mol. The van der Waals surface area contributed by atoms with Gasteiger partial charge in [0.05, 0.1) is 0 Å². The van der Waals surface area contributed by atoms with Crippen molar-refractivity contribution in [1.82, 2.24) is 19.7 Å². The second-order valence-electron chi connectivity index (χ2n) is 5.65. The van der Waals surface area contributed by atoms with Gasteiger partial charge in [-0.3, -0.25) is 0 Å². The van der Waals surface area contributed by atoms with Crippen molar-refractivity contribution in [1.29, 1.82) is 0 Å². The molecule has 7 nitrogen and oxygen atoms in total. The number of nitrogens with two attached hydrogens (primary N) is 1. The van der Waals surface area contributed by atoms with Crippen molar-refractivity contribution in [2.75, 3.05) is 17.7 Å². The minimum absolute atomic E-state index is 0.233. The molecule has 4 rings (SSSR count). The van der Waals surface area contributed by atoms with Crippen LogP contribution in [-0.4, -0.2) is 32.3 Å². The van der Waals surface area contributed by atoms with Crippen molar-refractivity contribution in [2.24, 2.45) is 5.92 Å². The van der Waals surface area contributed by atoms with E-state index in [9.17, 15) is 0 Å². The highest BCUT2D eigenvalue weighted by atomic mass is 16.7. The van der Waals surface area contributed by atoms with Crippen LogP contribution >= 0.6 is 0 Å². The molecule has 110 valence electrons. The fourth-order valence-corrected chi connectivity index (χ4v) is 2.52. The number of hydrogen-bond donors (Lipinski definition) is 2. The molecule has 2 heterocycles. The summed E-state index contributed by atoms with van der Waals surface area (Å²) in [5, 5.41) is 3.34. The van der Waals surface area contributed by atoms with Crippen LogP contribution < -0.4 is 15.9 Å². The van der Waals surface area contributed by atoms with Crippen LogP contribution in [-0.2, 0) is 0 Å². The van der Waals surface area contributed by atoms with Crippen molar-refractivity contribution in [2.45, 2.75) is 31.7 Å². The molecule has 2 aliphatic rings. The second-order valence-corrected chi connectivity index (χ2v) is 5.65. The molecule has 0 aromatic carbocycles. The Morgan fingerprint density at radius 3 is 3.00 bits per heavy atom. The number of anilines is 2. The maximum Gasteiger partial charge on any atom is 0.224 e. The number of nitrogens with one attached hydrogen (secondary N) is 1. The Hall–Kier alpha value is -2.31. The molecule has 1 fully saturated rings. The lowest BCUT2D eigenvalue weighted by molar-refractivity contribution is 0.0978. The average molecular weight is 286 g/mol. The zero-order valence-electron chi connectivity index (χ0n) is 11.7. The molecule has 2 aliphatic carbocycles.